The Bertz CT molecular complexity index is 1180. The third-order valence-corrected chi connectivity index (χ3v) is 7.70. The van der Waals surface area contributed by atoms with Crippen LogP contribution in [0.15, 0.2) is 29.2 Å². The van der Waals surface area contributed by atoms with Crippen molar-refractivity contribution in [3.8, 4) is 0 Å². The van der Waals surface area contributed by atoms with Crippen LogP contribution >= 0.6 is 0 Å². The van der Waals surface area contributed by atoms with E-state index in [4.69, 9.17) is 15.5 Å². The van der Waals surface area contributed by atoms with Crippen LogP contribution in [0.25, 0.3) is 11.0 Å². The fourth-order valence-electron chi connectivity index (χ4n) is 5.46. The van der Waals surface area contributed by atoms with E-state index in [9.17, 15) is 4.79 Å². The van der Waals surface area contributed by atoms with Crippen molar-refractivity contribution in [1.82, 2.24) is 25.1 Å². The highest BCUT2D eigenvalue weighted by Gasteiger charge is 2.50. The molecule has 3 aliphatic rings. The van der Waals surface area contributed by atoms with E-state index in [1.807, 2.05) is 25.1 Å². The molecule has 0 amide bonds. The molecule has 1 saturated carbocycles. The molecule has 6 rings (SSSR count). The molecular weight excluding hydrogens is 394 g/mol. The molecule has 2 atom stereocenters. The van der Waals surface area contributed by atoms with Gasteiger partial charge in [0, 0.05) is 30.7 Å². The monoisotopic (exact) mass is 421 g/mol. The summed E-state index contributed by atoms with van der Waals surface area (Å²) in [6.45, 7) is 4.33. The number of nitrogens with two attached hydrogens (primary N) is 1. The van der Waals surface area contributed by atoms with Crippen molar-refractivity contribution < 1.29 is 4.74 Å². The lowest BCUT2D eigenvalue weighted by Gasteiger charge is -2.41. The van der Waals surface area contributed by atoms with E-state index in [0.29, 0.717) is 23.6 Å². The molecule has 9 nitrogen and oxygen atoms in total. The Morgan fingerprint density at radius 1 is 1.23 bits per heavy atom. The van der Waals surface area contributed by atoms with Crippen LogP contribution in [-0.2, 0) is 10.2 Å². The normalized spacial score (nSPS) is 26.6. The number of hydrogen-bond acceptors (Lipinski definition) is 7. The Morgan fingerprint density at radius 2 is 2.03 bits per heavy atom. The fraction of sp³-hybridized carbons (Fsp3) is 0.545. The van der Waals surface area contributed by atoms with E-state index < -0.39 is 0 Å². The Kier molecular flexibility index (Phi) is 4.04. The van der Waals surface area contributed by atoms with Gasteiger partial charge in [-0.25, -0.2) is 0 Å². The van der Waals surface area contributed by atoms with Crippen LogP contribution in [0.5, 0.6) is 0 Å². The molecule has 0 unspecified atom stereocenters. The van der Waals surface area contributed by atoms with Gasteiger partial charge >= 0.3 is 0 Å². The van der Waals surface area contributed by atoms with Gasteiger partial charge in [-0.3, -0.25) is 19.9 Å². The van der Waals surface area contributed by atoms with Gasteiger partial charge in [0.2, 0.25) is 5.95 Å². The van der Waals surface area contributed by atoms with E-state index in [1.165, 1.54) is 0 Å². The maximum absolute atomic E-state index is 13.1. The van der Waals surface area contributed by atoms with Crippen molar-refractivity contribution in [2.75, 3.05) is 24.6 Å². The zero-order valence-corrected chi connectivity index (χ0v) is 17.6. The van der Waals surface area contributed by atoms with Crippen LogP contribution in [0.1, 0.15) is 44.0 Å². The van der Waals surface area contributed by atoms with E-state index in [2.05, 4.69) is 25.1 Å². The molecule has 0 radical (unpaired) electrons. The first kappa shape index (κ1) is 18.9. The van der Waals surface area contributed by atoms with E-state index in [1.54, 1.807) is 6.20 Å². The summed E-state index contributed by atoms with van der Waals surface area (Å²) < 4.78 is 5.82. The van der Waals surface area contributed by atoms with Gasteiger partial charge in [-0.05, 0) is 44.7 Å². The highest BCUT2D eigenvalue weighted by molar-refractivity contribution is 5.80. The number of piperidine rings is 1. The van der Waals surface area contributed by atoms with Crippen LogP contribution in [0.4, 0.5) is 5.95 Å². The number of pyridine rings is 1. The maximum atomic E-state index is 13.1. The van der Waals surface area contributed by atoms with Crippen molar-refractivity contribution in [1.29, 1.82) is 0 Å². The summed E-state index contributed by atoms with van der Waals surface area (Å²) in [7, 11) is 0. The minimum absolute atomic E-state index is 0.0286. The fourth-order valence-corrected chi connectivity index (χ4v) is 5.46. The summed E-state index contributed by atoms with van der Waals surface area (Å²) in [4.78, 5) is 27.5. The summed E-state index contributed by atoms with van der Waals surface area (Å²) in [5, 5.41) is 8.06. The topological polar surface area (TPSA) is 126 Å². The third-order valence-electron chi connectivity index (χ3n) is 7.70. The Morgan fingerprint density at radius 3 is 2.68 bits per heavy atom. The molecule has 3 aromatic rings. The zero-order valence-electron chi connectivity index (χ0n) is 17.6. The van der Waals surface area contributed by atoms with Crippen LogP contribution in [0, 0.1) is 5.41 Å². The summed E-state index contributed by atoms with van der Waals surface area (Å²) in [5.41, 5.74) is 8.30. The standard InChI is InChI=1S/C22H27N7O2/c1-13-16(23)21(12-31-13)7-10-29(11-8-21)20-25-18-15(19(30)26-20)17(27-28-18)22(5-6-22)14-4-2-3-9-24-14/h2-4,9,13,16H,5-8,10-12,23H2,1H3,(H2,25,26,27,28,30)/t13-,16+/m0/s1. The predicted molar refractivity (Wildman–Crippen MR) is 116 cm³/mol. The van der Waals surface area contributed by atoms with Gasteiger partial charge < -0.3 is 15.4 Å². The van der Waals surface area contributed by atoms with Gasteiger partial charge in [0.15, 0.2) is 5.65 Å². The van der Waals surface area contributed by atoms with Crippen molar-refractivity contribution in [2.24, 2.45) is 11.1 Å². The lowest BCUT2D eigenvalue weighted by Crippen LogP contribution is -2.51. The third kappa shape index (κ3) is 2.76. The molecule has 5 heterocycles. The predicted octanol–water partition coefficient (Wildman–Crippen LogP) is 1.45. The van der Waals surface area contributed by atoms with Gasteiger partial charge in [-0.15, -0.1) is 0 Å². The maximum Gasteiger partial charge on any atom is 0.263 e. The van der Waals surface area contributed by atoms with Gasteiger partial charge in [0.05, 0.1) is 29.5 Å². The molecule has 3 aromatic heterocycles. The van der Waals surface area contributed by atoms with Crippen LogP contribution in [0.3, 0.4) is 0 Å². The number of fused-ring (bicyclic) bond motifs is 1. The first-order valence-corrected chi connectivity index (χ1v) is 11.0. The number of H-pyrrole nitrogens is 2. The Labute approximate surface area is 179 Å². The summed E-state index contributed by atoms with van der Waals surface area (Å²) in [6.07, 6.45) is 5.62. The number of aromatic nitrogens is 5. The number of aromatic amines is 2. The number of anilines is 1. The van der Waals surface area contributed by atoms with Crippen molar-refractivity contribution in [3.63, 3.8) is 0 Å². The van der Waals surface area contributed by atoms with Crippen LogP contribution < -0.4 is 16.2 Å². The van der Waals surface area contributed by atoms with E-state index in [-0.39, 0.29) is 28.5 Å². The minimum atomic E-state index is -0.265. The smallest absolute Gasteiger partial charge is 0.263 e. The molecule has 162 valence electrons. The van der Waals surface area contributed by atoms with Crippen molar-refractivity contribution >= 4 is 17.0 Å². The molecule has 0 bridgehead atoms. The summed E-state index contributed by atoms with van der Waals surface area (Å²) in [6, 6.07) is 5.95. The van der Waals surface area contributed by atoms with Crippen molar-refractivity contribution in [2.45, 2.75) is 50.2 Å². The number of ether oxygens (including phenoxy) is 1. The van der Waals surface area contributed by atoms with Crippen molar-refractivity contribution in [3.05, 3.63) is 46.1 Å². The summed E-state index contributed by atoms with van der Waals surface area (Å²) >= 11 is 0. The molecule has 0 aromatic carbocycles. The van der Waals surface area contributed by atoms with Gasteiger partial charge in [0.1, 0.15) is 5.39 Å². The molecule has 2 aliphatic heterocycles. The number of rotatable bonds is 3. The molecular formula is C22H27N7O2. The molecule has 31 heavy (non-hydrogen) atoms. The second kappa shape index (κ2) is 6.61. The largest absolute Gasteiger partial charge is 0.376 e. The zero-order chi connectivity index (χ0) is 21.2. The average Bonchev–Trinajstić information content (AvgIpc) is 3.42. The van der Waals surface area contributed by atoms with E-state index >= 15 is 0 Å². The quantitative estimate of drug-likeness (QED) is 0.584. The molecule has 1 aliphatic carbocycles. The van der Waals surface area contributed by atoms with Gasteiger partial charge in [0.25, 0.3) is 5.56 Å². The average molecular weight is 422 g/mol. The second-order valence-corrected chi connectivity index (χ2v) is 9.38. The number of hydrogen-bond donors (Lipinski definition) is 3. The summed E-state index contributed by atoms with van der Waals surface area (Å²) in [5.74, 6) is 0.577. The van der Waals surface area contributed by atoms with E-state index in [0.717, 1.165) is 50.2 Å². The lowest BCUT2D eigenvalue weighted by atomic mass is 9.73. The van der Waals surface area contributed by atoms with Crippen LogP contribution in [-0.4, -0.2) is 57.0 Å². The Balaban J connectivity index is 1.30. The molecule has 1 spiro atoms. The number of nitrogens with zero attached hydrogens (tertiary/aromatic N) is 4. The number of nitrogens with one attached hydrogen (secondary N) is 2. The highest BCUT2D eigenvalue weighted by Crippen LogP contribution is 2.53. The molecule has 2 saturated heterocycles. The molecule has 9 heteroatoms. The van der Waals surface area contributed by atoms with Crippen LogP contribution in [0.2, 0.25) is 0 Å². The first-order valence-electron chi connectivity index (χ1n) is 11.0. The van der Waals surface area contributed by atoms with Gasteiger partial charge in [-0.1, -0.05) is 6.07 Å². The molecule has 4 N–H and O–H groups in total. The highest BCUT2D eigenvalue weighted by atomic mass is 16.5. The Hall–Kier alpha value is -2.78. The second-order valence-electron chi connectivity index (χ2n) is 9.38. The first-order chi connectivity index (χ1) is 15.0. The minimum Gasteiger partial charge on any atom is -0.376 e. The lowest BCUT2D eigenvalue weighted by molar-refractivity contribution is 0.0973. The SMILES string of the molecule is C[C@@H]1OCC2(CCN(c3nc4n[nH]c(C5(c6ccccn6)CC5)c4c(=O)[nH]3)CC2)[C@@H]1N. The van der Waals surface area contributed by atoms with Gasteiger partial charge in [-0.2, -0.15) is 10.1 Å². The molecule has 3 fully saturated rings.